The predicted octanol–water partition coefficient (Wildman–Crippen LogP) is 3.77. The van der Waals surface area contributed by atoms with E-state index in [4.69, 9.17) is 9.47 Å². The zero-order valence-corrected chi connectivity index (χ0v) is 13.3. The number of benzene rings is 2. The molecule has 2 rings (SSSR count). The molecule has 0 aliphatic heterocycles. The molecule has 0 unspecified atom stereocenters. The van der Waals surface area contributed by atoms with Crippen molar-refractivity contribution in [2.75, 3.05) is 20.3 Å². The molecular weight excluding hydrogens is 337 g/mol. The Labute approximate surface area is 132 Å². The molecule has 0 amide bonds. The van der Waals surface area contributed by atoms with Crippen molar-refractivity contribution in [1.29, 1.82) is 0 Å². The van der Waals surface area contributed by atoms with Gasteiger partial charge in [0.25, 0.3) is 0 Å². The highest BCUT2D eigenvalue weighted by Gasteiger charge is 2.05. The molecule has 0 bridgehead atoms. The highest BCUT2D eigenvalue weighted by atomic mass is 79.9. The predicted molar refractivity (Wildman–Crippen MR) is 84.3 cm³/mol. The van der Waals surface area contributed by atoms with Crippen LogP contribution in [0.2, 0.25) is 0 Å². The van der Waals surface area contributed by atoms with Gasteiger partial charge >= 0.3 is 0 Å². The number of hydrogen-bond acceptors (Lipinski definition) is 3. The van der Waals surface area contributed by atoms with Crippen LogP contribution < -0.4 is 14.8 Å². The molecule has 2 aromatic carbocycles. The van der Waals surface area contributed by atoms with Crippen molar-refractivity contribution in [1.82, 2.24) is 5.32 Å². The minimum absolute atomic E-state index is 0.227. The lowest BCUT2D eigenvalue weighted by molar-refractivity contribution is 0.210. The van der Waals surface area contributed by atoms with Gasteiger partial charge in [0.05, 0.1) is 0 Å². The first-order valence-electron chi connectivity index (χ1n) is 6.64. The summed E-state index contributed by atoms with van der Waals surface area (Å²) in [6.07, 6.45) is 0. The molecule has 0 saturated carbocycles. The highest BCUT2D eigenvalue weighted by molar-refractivity contribution is 9.10. The standard InChI is InChI=1S/C16H17BrFNO2/c1-19-11-12-4-2-3-5-15(12)20-8-9-21-16-7-6-13(17)10-14(16)18/h2-7,10,19H,8-9,11H2,1H3. The minimum atomic E-state index is -0.389. The summed E-state index contributed by atoms with van der Waals surface area (Å²) >= 11 is 3.21. The monoisotopic (exact) mass is 353 g/mol. The van der Waals surface area contributed by atoms with E-state index in [2.05, 4.69) is 21.2 Å². The third kappa shape index (κ3) is 4.72. The van der Waals surface area contributed by atoms with Gasteiger partial charge in [-0.1, -0.05) is 34.1 Å². The Balaban J connectivity index is 1.84. The SMILES string of the molecule is CNCc1ccccc1OCCOc1ccc(Br)cc1F. The van der Waals surface area contributed by atoms with E-state index in [0.717, 1.165) is 17.9 Å². The van der Waals surface area contributed by atoms with Gasteiger partial charge in [0, 0.05) is 16.6 Å². The molecule has 0 aliphatic rings. The van der Waals surface area contributed by atoms with Crippen molar-refractivity contribution in [3.8, 4) is 11.5 Å². The number of ether oxygens (including phenoxy) is 2. The van der Waals surface area contributed by atoms with Crippen molar-refractivity contribution in [2.45, 2.75) is 6.54 Å². The lowest BCUT2D eigenvalue weighted by Gasteiger charge is -2.12. The van der Waals surface area contributed by atoms with Crippen LogP contribution in [-0.2, 0) is 6.54 Å². The first-order valence-corrected chi connectivity index (χ1v) is 7.43. The summed E-state index contributed by atoms with van der Waals surface area (Å²) in [6, 6.07) is 12.5. The third-order valence-electron chi connectivity index (χ3n) is 2.83. The lowest BCUT2D eigenvalue weighted by Crippen LogP contribution is -2.12. The van der Waals surface area contributed by atoms with Crippen LogP contribution in [0.4, 0.5) is 4.39 Å². The normalized spacial score (nSPS) is 10.4. The van der Waals surface area contributed by atoms with Crippen LogP contribution in [0.3, 0.4) is 0 Å². The van der Waals surface area contributed by atoms with Gasteiger partial charge in [-0.3, -0.25) is 0 Å². The van der Waals surface area contributed by atoms with Gasteiger partial charge in [-0.25, -0.2) is 4.39 Å². The summed E-state index contributed by atoms with van der Waals surface area (Å²) in [5.74, 6) is 0.650. The fourth-order valence-electron chi connectivity index (χ4n) is 1.88. The second-order valence-electron chi connectivity index (χ2n) is 4.41. The van der Waals surface area contributed by atoms with Crippen LogP contribution in [0, 0.1) is 5.82 Å². The summed E-state index contributed by atoms with van der Waals surface area (Å²) in [6.45, 7) is 1.38. The number of hydrogen-bond donors (Lipinski definition) is 1. The fourth-order valence-corrected chi connectivity index (χ4v) is 2.21. The Hall–Kier alpha value is -1.59. The molecule has 112 valence electrons. The largest absolute Gasteiger partial charge is 0.490 e. The van der Waals surface area contributed by atoms with E-state index < -0.39 is 0 Å². The van der Waals surface area contributed by atoms with E-state index in [1.165, 1.54) is 6.07 Å². The molecule has 1 N–H and O–H groups in total. The Morgan fingerprint density at radius 3 is 2.48 bits per heavy atom. The molecule has 0 aromatic heterocycles. The zero-order chi connectivity index (χ0) is 15.1. The number of rotatable bonds is 7. The average Bonchev–Trinajstić information content (AvgIpc) is 2.47. The van der Waals surface area contributed by atoms with E-state index >= 15 is 0 Å². The Morgan fingerprint density at radius 1 is 1.05 bits per heavy atom. The molecule has 0 aliphatic carbocycles. The van der Waals surface area contributed by atoms with E-state index in [1.54, 1.807) is 12.1 Å². The van der Waals surface area contributed by atoms with Gasteiger partial charge in [0.2, 0.25) is 0 Å². The first kappa shape index (κ1) is 15.8. The van der Waals surface area contributed by atoms with Crippen LogP contribution in [0.5, 0.6) is 11.5 Å². The molecule has 2 aromatic rings. The molecule has 0 saturated heterocycles. The Bertz CT molecular complexity index is 592. The fraction of sp³-hybridized carbons (Fsp3) is 0.250. The van der Waals surface area contributed by atoms with E-state index in [-0.39, 0.29) is 18.2 Å². The van der Waals surface area contributed by atoms with E-state index in [0.29, 0.717) is 11.1 Å². The molecule has 3 nitrogen and oxygen atoms in total. The topological polar surface area (TPSA) is 30.5 Å². The molecular formula is C16H17BrFNO2. The van der Waals surface area contributed by atoms with Crippen molar-refractivity contribution in [2.24, 2.45) is 0 Å². The van der Waals surface area contributed by atoms with Gasteiger partial charge in [0.15, 0.2) is 11.6 Å². The zero-order valence-electron chi connectivity index (χ0n) is 11.7. The van der Waals surface area contributed by atoms with Gasteiger partial charge < -0.3 is 14.8 Å². The van der Waals surface area contributed by atoms with Gasteiger partial charge in [-0.15, -0.1) is 0 Å². The second kappa shape index (κ2) is 8.00. The molecule has 0 radical (unpaired) electrons. The quantitative estimate of drug-likeness (QED) is 0.768. The van der Waals surface area contributed by atoms with Crippen molar-refractivity contribution in [3.05, 3.63) is 58.3 Å². The van der Waals surface area contributed by atoms with Crippen LogP contribution >= 0.6 is 15.9 Å². The Kier molecular flexibility index (Phi) is 6.02. The van der Waals surface area contributed by atoms with Crippen molar-refractivity contribution < 1.29 is 13.9 Å². The number of halogens is 2. The summed E-state index contributed by atoms with van der Waals surface area (Å²) in [5, 5.41) is 3.09. The summed E-state index contributed by atoms with van der Waals surface area (Å²) in [5.41, 5.74) is 1.08. The summed E-state index contributed by atoms with van der Waals surface area (Å²) in [4.78, 5) is 0. The summed E-state index contributed by atoms with van der Waals surface area (Å²) < 4.78 is 25.3. The Morgan fingerprint density at radius 2 is 1.76 bits per heavy atom. The highest BCUT2D eigenvalue weighted by Crippen LogP contribution is 2.21. The van der Waals surface area contributed by atoms with Crippen LogP contribution in [0.25, 0.3) is 0 Å². The van der Waals surface area contributed by atoms with Gasteiger partial charge in [0.1, 0.15) is 19.0 Å². The van der Waals surface area contributed by atoms with Crippen LogP contribution in [-0.4, -0.2) is 20.3 Å². The van der Waals surface area contributed by atoms with Crippen molar-refractivity contribution >= 4 is 15.9 Å². The second-order valence-corrected chi connectivity index (χ2v) is 5.33. The molecule has 0 heterocycles. The van der Waals surface area contributed by atoms with E-state index in [1.807, 2.05) is 31.3 Å². The van der Waals surface area contributed by atoms with Crippen molar-refractivity contribution in [3.63, 3.8) is 0 Å². The maximum Gasteiger partial charge on any atom is 0.166 e. The summed E-state index contributed by atoms with van der Waals surface area (Å²) in [7, 11) is 1.89. The van der Waals surface area contributed by atoms with Gasteiger partial charge in [-0.2, -0.15) is 0 Å². The first-order chi connectivity index (χ1) is 10.2. The number of para-hydroxylation sites is 1. The lowest BCUT2D eigenvalue weighted by atomic mass is 10.2. The molecule has 21 heavy (non-hydrogen) atoms. The smallest absolute Gasteiger partial charge is 0.166 e. The molecule has 0 spiro atoms. The molecule has 5 heteroatoms. The average molecular weight is 354 g/mol. The number of nitrogens with one attached hydrogen (secondary N) is 1. The molecule has 0 atom stereocenters. The maximum absolute atomic E-state index is 13.6. The van der Waals surface area contributed by atoms with Gasteiger partial charge in [-0.05, 0) is 31.3 Å². The van der Waals surface area contributed by atoms with E-state index in [9.17, 15) is 4.39 Å². The maximum atomic E-state index is 13.6. The molecule has 0 fully saturated rings. The minimum Gasteiger partial charge on any atom is -0.490 e. The van der Waals surface area contributed by atoms with Crippen LogP contribution in [0.15, 0.2) is 46.9 Å². The van der Waals surface area contributed by atoms with Crippen LogP contribution in [0.1, 0.15) is 5.56 Å². The third-order valence-corrected chi connectivity index (χ3v) is 3.33.